The maximum atomic E-state index is 12.7. The number of benzene rings is 4. The lowest BCUT2D eigenvalue weighted by atomic mass is 10.1. The molecule has 0 aromatic heterocycles. The zero-order valence-corrected chi connectivity index (χ0v) is 35.4. The lowest BCUT2D eigenvalue weighted by Gasteiger charge is -2.08. The summed E-state index contributed by atoms with van der Waals surface area (Å²) in [5, 5.41) is 17.1. The van der Waals surface area contributed by atoms with Gasteiger partial charge < -0.3 is 9.47 Å². The number of hydrogen-bond acceptors (Lipinski definition) is 10. The Bertz CT molecular complexity index is 1850. The molecule has 0 aliphatic carbocycles. The summed E-state index contributed by atoms with van der Waals surface area (Å²) in [6.45, 7) is 5.52. The molecule has 0 amide bonds. The number of azo groups is 2. The standard InChI is InChI=1S/C45H60N4O6S2/c1-3-5-7-9-11-16-36-56(50,51)44-30-22-40(23-31-44)48-46-38-18-26-42(27-19-38)54-34-14-13-15-35-55-43-28-20-39(21-29-43)47-49-41-24-32-45(33-25-41)57(52,53)37-17-12-10-8-6-4-2/h18-33H,3-17,34-37H2,1-2H3. The molecule has 57 heavy (non-hydrogen) atoms. The van der Waals surface area contributed by atoms with Crippen LogP contribution >= 0.6 is 0 Å². The summed E-state index contributed by atoms with van der Waals surface area (Å²) in [4.78, 5) is 0.651. The van der Waals surface area contributed by atoms with Gasteiger partial charge >= 0.3 is 0 Å². The van der Waals surface area contributed by atoms with Crippen LogP contribution in [0.5, 0.6) is 11.5 Å². The molecule has 10 nitrogen and oxygen atoms in total. The van der Waals surface area contributed by atoms with Crippen LogP contribution in [0.25, 0.3) is 0 Å². The summed E-state index contributed by atoms with van der Waals surface area (Å²) in [6, 6.07) is 27.9. The second-order valence-electron chi connectivity index (χ2n) is 14.3. The van der Waals surface area contributed by atoms with E-state index in [-0.39, 0.29) is 11.5 Å². The summed E-state index contributed by atoms with van der Waals surface area (Å²) >= 11 is 0. The molecule has 0 fully saturated rings. The van der Waals surface area contributed by atoms with Crippen molar-refractivity contribution in [2.75, 3.05) is 24.7 Å². The highest BCUT2D eigenvalue weighted by atomic mass is 32.2. The molecule has 0 heterocycles. The van der Waals surface area contributed by atoms with Crippen LogP contribution in [0.3, 0.4) is 0 Å². The zero-order chi connectivity index (χ0) is 40.6. The molecule has 4 aromatic rings. The average molecular weight is 817 g/mol. The summed E-state index contributed by atoms with van der Waals surface area (Å²) in [7, 11) is -6.59. The number of sulfone groups is 2. The van der Waals surface area contributed by atoms with Crippen molar-refractivity contribution in [2.24, 2.45) is 20.5 Å². The monoisotopic (exact) mass is 816 g/mol. The van der Waals surface area contributed by atoms with Gasteiger partial charge in [-0.15, -0.1) is 0 Å². The van der Waals surface area contributed by atoms with Crippen molar-refractivity contribution in [3.8, 4) is 11.5 Å². The van der Waals surface area contributed by atoms with Crippen molar-refractivity contribution >= 4 is 42.4 Å². The minimum absolute atomic E-state index is 0.173. The van der Waals surface area contributed by atoms with E-state index in [1.807, 2.05) is 48.5 Å². The van der Waals surface area contributed by atoms with Crippen LogP contribution in [-0.4, -0.2) is 41.6 Å². The Morgan fingerprint density at radius 3 is 0.982 bits per heavy atom. The number of hydrogen-bond donors (Lipinski definition) is 0. The normalized spacial score (nSPS) is 12.1. The van der Waals surface area contributed by atoms with Crippen LogP contribution in [-0.2, 0) is 19.7 Å². The number of rotatable bonds is 28. The summed E-state index contributed by atoms with van der Waals surface area (Å²) in [6.07, 6.45) is 15.2. The Kier molecular flexibility index (Phi) is 19.9. The highest BCUT2D eigenvalue weighted by molar-refractivity contribution is 7.91. The van der Waals surface area contributed by atoms with E-state index in [2.05, 4.69) is 34.3 Å². The van der Waals surface area contributed by atoms with Gasteiger partial charge in [0.25, 0.3) is 0 Å². The quantitative estimate of drug-likeness (QED) is 0.0413. The molecule has 0 saturated carbocycles. The molecule has 0 spiro atoms. The van der Waals surface area contributed by atoms with Gasteiger partial charge in [0.1, 0.15) is 11.5 Å². The van der Waals surface area contributed by atoms with Crippen molar-refractivity contribution in [1.82, 2.24) is 0 Å². The first-order chi connectivity index (χ1) is 27.7. The van der Waals surface area contributed by atoms with Crippen molar-refractivity contribution in [2.45, 2.75) is 120 Å². The minimum atomic E-state index is -3.29. The van der Waals surface area contributed by atoms with E-state index < -0.39 is 19.7 Å². The van der Waals surface area contributed by atoms with Crippen LogP contribution < -0.4 is 9.47 Å². The first kappa shape index (κ1) is 45.3. The van der Waals surface area contributed by atoms with E-state index in [0.717, 1.165) is 69.3 Å². The first-order valence-electron chi connectivity index (χ1n) is 20.6. The molecule has 0 aliphatic rings. The Morgan fingerprint density at radius 1 is 0.368 bits per heavy atom. The molecule has 12 heteroatoms. The van der Waals surface area contributed by atoms with Gasteiger partial charge in [0.05, 0.1) is 57.3 Å². The van der Waals surface area contributed by atoms with Crippen LogP contribution in [0.2, 0.25) is 0 Å². The lowest BCUT2D eigenvalue weighted by Crippen LogP contribution is -2.06. The van der Waals surface area contributed by atoms with E-state index in [1.54, 1.807) is 48.5 Å². The molecule has 4 aromatic carbocycles. The van der Waals surface area contributed by atoms with Gasteiger partial charge in [-0.1, -0.05) is 78.1 Å². The third kappa shape index (κ3) is 17.3. The summed E-state index contributed by atoms with van der Waals surface area (Å²) in [5.74, 6) is 1.86. The van der Waals surface area contributed by atoms with E-state index in [4.69, 9.17) is 9.47 Å². The molecule has 0 aliphatic heterocycles. The van der Waals surface area contributed by atoms with Gasteiger partial charge in [-0.25, -0.2) is 16.8 Å². The fourth-order valence-corrected chi connectivity index (χ4v) is 8.77. The summed E-state index contributed by atoms with van der Waals surface area (Å²) < 4.78 is 62.4. The Hall–Kier alpha value is -4.42. The molecule has 0 atom stereocenters. The molecule has 308 valence electrons. The smallest absolute Gasteiger partial charge is 0.178 e. The number of nitrogens with zero attached hydrogens (tertiary/aromatic N) is 4. The molecule has 0 bridgehead atoms. The third-order valence-electron chi connectivity index (χ3n) is 9.49. The highest BCUT2D eigenvalue weighted by Gasteiger charge is 2.15. The molecule has 4 rings (SSSR count). The maximum absolute atomic E-state index is 12.7. The van der Waals surface area contributed by atoms with Crippen molar-refractivity contribution in [3.05, 3.63) is 97.1 Å². The minimum Gasteiger partial charge on any atom is -0.494 e. The van der Waals surface area contributed by atoms with Crippen LogP contribution in [0.1, 0.15) is 110 Å². The van der Waals surface area contributed by atoms with E-state index >= 15 is 0 Å². The second-order valence-corrected chi connectivity index (χ2v) is 18.5. The van der Waals surface area contributed by atoms with Gasteiger partial charge in [0.2, 0.25) is 0 Å². The average Bonchev–Trinajstić information content (AvgIpc) is 3.22. The molecule has 0 saturated heterocycles. The van der Waals surface area contributed by atoms with Crippen LogP contribution in [0, 0.1) is 0 Å². The predicted octanol–water partition coefficient (Wildman–Crippen LogP) is 13.4. The van der Waals surface area contributed by atoms with Crippen molar-refractivity contribution in [1.29, 1.82) is 0 Å². The van der Waals surface area contributed by atoms with Gasteiger partial charge in [-0.3, -0.25) is 0 Å². The second kappa shape index (κ2) is 25.0. The number of ether oxygens (including phenoxy) is 2. The SMILES string of the molecule is CCCCCCCCS(=O)(=O)c1ccc(N=Nc2ccc(OCCCCCOc3ccc(N=Nc4ccc(S(=O)(=O)CCCCCCCC)cc4)cc3)cc2)cc1. The van der Waals surface area contributed by atoms with Gasteiger partial charge in [0.15, 0.2) is 19.7 Å². The van der Waals surface area contributed by atoms with Crippen molar-refractivity contribution in [3.63, 3.8) is 0 Å². The summed E-state index contributed by atoms with van der Waals surface area (Å²) in [5.41, 5.74) is 2.53. The van der Waals surface area contributed by atoms with Gasteiger partial charge in [-0.05, 0) is 129 Å². The van der Waals surface area contributed by atoms with Crippen molar-refractivity contribution < 1.29 is 26.3 Å². The highest BCUT2D eigenvalue weighted by Crippen LogP contribution is 2.25. The Balaban J connectivity index is 1.07. The van der Waals surface area contributed by atoms with Gasteiger partial charge in [-0.2, -0.15) is 20.5 Å². The van der Waals surface area contributed by atoms with E-state index in [9.17, 15) is 16.8 Å². The van der Waals surface area contributed by atoms with Crippen LogP contribution in [0.4, 0.5) is 22.7 Å². The molecular weight excluding hydrogens is 757 g/mol. The molecule has 0 unspecified atom stereocenters. The molecule has 0 N–H and O–H groups in total. The zero-order valence-electron chi connectivity index (χ0n) is 33.7. The van der Waals surface area contributed by atoms with E-state index in [1.165, 1.54) is 25.7 Å². The first-order valence-corrected chi connectivity index (χ1v) is 23.9. The molecule has 0 radical (unpaired) electrons. The number of unbranched alkanes of at least 4 members (excludes halogenated alkanes) is 12. The maximum Gasteiger partial charge on any atom is 0.178 e. The fourth-order valence-electron chi connectivity index (χ4n) is 6.03. The van der Waals surface area contributed by atoms with Crippen LogP contribution in [0.15, 0.2) is 127 Å². The largest absolute Gasteiger partial charge is 0.494 e. The predicted molar refractivity (Wildman–Crippen MR) is 230 cm³/mol. The third-order valence-corrected chi connectivity index (χ3v) is 13.1. The van der Waals surface area contributed by atoms with Gasteiger partial charge in [0, 0.05) is 0 Å². The Morgan fingerprint density at radius 2 is 0.649 bits per heavy atom. The van der Waals surface area contributed by atoms with E-state index in [0.29, 0.717) is 58.6 Å². The molecular formula is C45H60N4O6S2. The fraction of sp³-hybridized carbons (Fsp3) is 0.467. The Labute approximate surface area is 341 Å². The lowest BCUT2D eigenvalue weighted by molar-refractivity contribution is 0.279. The topological polar surface area (TPSA) is 136 Å².